The summed E-state index contributed by atoms with van der Waals surface area (Å²) in [6.07, 6.45) is 0.976. The van der Waals surface area contributed by atoms with Gasteiger partial charge in [-0.3, -0.25) is 10.1 Å². The number of carbonyl (C=O) groups excluding carboxylic acids is 1. The molecule has 0 aliphatic rings. The van der Waals surface area contributed by atoms with Crippen molar-refractivity contribution in [3.63, 3.8) is 0 Å². The van der Waals surface area contributed by atoms with Gasteiger partial charge in [0.1, 0.15) is 5.75 Å². The molecule has 0 spiro atoms. The molecule has 0 saturated carbocycles. The molecule has 0 bridgehead atoms. The summed E-state index contributed by atoms with van der Waals surface area (Å²) in [5, 5.41) is 5.79. The minimum absolute atomic E-state index is 0.230. The number of nitrogens with one attached hydrogen (secondary N) is 1. The fourth-order valence-corrected chi connectivity index (χ4v) is 3.11. The highest BCUT2D eigenvalue weighted by atomic mass is 35.5. The molecule has 0 fully saturated rings. The number of aromatic nitrogens is 1. The Hall–Kier alpha value is -2.37. The summed E-state index contributed by atoms with van der Waals surface area (Å²) in [5.41, 5.74) is 2.29. The zero-order chi connectivity index (χ0) is 17.6. The Morgan fingerprint density at radius 2 is 2.04 bits per heavy atom. The third kappa shape index (κ3) is 4.59. The topological polar surface area (TPSA) is 51.2 Å². The van der Waals surface area contributed by atoms with Crippen molar-refractivity contribution < 1.29 is 9.53 Å². The number of hydrogen-bond acceptors (Lipinski definition) is 4. The van der Waals surface area contributed by atoms with E-state index in [4.69, 9.17) is 16.3 Å². The molecule has 0 aliphatic heterocycles. The number of benzene rings is 2. The molecule has 0 saturated heterocycles. The maximum Gasteiger partial charge on any atom is 0.257 e. The van der Waals surface area contributed by atoms with E-state index in [1.165, 1.54) is 11.3 Å². The molecule has 1 N–H and O–H groups in total. The molecule has 4 nitrogen and oxygen atoms in total. The number of halogens is 1. The van der Waals surface area contributed by atoms with Gasteiger partial charge in [-0.05, 0) is 48.9 Å². The van der Waals surface area contributed by atoms with Gasteiger partial charge in [-0.15, -0.1) is 11.3 Å². The van der Waals surface area contributed by atoms with Crippen molar-refractivity contribution in [3.8, 4) is 17.0 Å². The van der Waals surface area contributed by atoms with E-state index in [1.54, 1.807) is 24.3 Å². The zero-order valence-corrected chi connectivity index (χ0v) is 15.2. The normalized spacial score (nSPS) is 10.5. The van der Waals surface area contributed by atoms with Crippen LogP contribution in [0.1, 0.15) is 23.7 Å². The fourth-order valence-electron chi connectivity index (χ4n) is 2.20. The molecule has 1 aromatic heterocycles. The number of hydrogen-bond donors (Lipinski definition) is 1. The maximum atomic E-state index is 12.2. The Balaban J connectivity index is 1.68. The molecule has 0 aliphatic carbocycles. The van der Waals surface area contributed by atoms with Crippen molar-refractivity contribution in [1.29, 1.82) is 0 Å². The number of nitrogens with zero attached hydrogens (tertiary/aromatic N) is 1. The van der Waals surface area contributed by atoms with Gasteiger partial charge in [0.25, 0.3) is 5.91 Å². The van der Waals surface area contributed by atoms with E-state index in [1.807, 2.05) is 29.6 Å². The second-order valence-corrected chi connectivity index (χ2v) is 6.67. The Morgan fingerprint density at radius 3 is 2.76 bits per heavy atom. The van der Waals surface area contributed by atoms with E-state index in [0.29, 0.717) is 22.3 Å². The van der Waals surface area contributed by atoms with Crippen LogP contribution in [-0.4, -0.2) is 17.5 Å². The van der Waals surface area contributed by atoms with Crippen molar-refractivity contribution in [1.82, 2.24) is 4.98 Å². The largest absolute Gasteiger partial charge is 0.494 e. The van der Waals surface area contributed by atoms with E-state index in [0.717, 1.165) is 23.4 Å². The average molecular weight is 373 g/mol. The molecule has 2 aromatic carbocycles. The van der Waals surface area contributed by atoms with Crippen LogP contribution in [0.25, 0.3) is 11.3 Å². The standard InChI is InChI=1S/C19H17ClN2O2S/c1-2-10-24-16-8-6-13(7-9-16)17-12-25-19(21-17)22-18(23)14-4-3-5-15(20)11-14/h3-9,11-12H,2,10H2,1H3,(H,21,22,23). The highest BCUT2D eigenvalue weighted by Crippen LogP contribution is 2.27. The predicted molar refractivity (Wildman–Crippen MR) is 103 cm³/mol. The second-order valence-electron chi connectivity index (χ2n) is 5.38. The maximum absolute atomic E-state index is 12.2. The number of thiazole rings is 1. The summed E-state index contributed by atoms with van der Waals surface area (Å²) in [7, 11) is 0. The smallest absolute Gasteiger partial charge is 0.257 e. The van der Waals surface area contributed by atoms with Crippen molar-refractivity contribution in [2.45, 2.75) is 13.3 Å². The first-order valence-corrected chi connectivity index (χ1v) is 9.17. The van der Waals surface area contributed by atoms with Crippen LogP contribution in [0.2, 0.25) is 5.02 Å². The predicted octanol–water partition coefficient (Wildman–Crippen LogP) is 5.50. The summed E-state index contributed by atoms with van der Waals surface area (Å²) < 4.78 is 5.58. The molecule has 6 heteroatoms. The lowest BCUT2D eigenvalue weighted by molar-refractivity contribution is 0.102. The van der Waals surface area contributed by atoms with Gasteiger partial charge < -0.3 is 4.74 Å². The van der Waals surface area contributed by atoms with Gasteiger partial charge in [0.15, 0.2) is 5.13 Å². The van der Waals surface area contributed by atoms with Crippen molar-refractivity contribution in [2.75, 3.05) is 11.9 Å². The summed E-state index contributed by atoms with van der Waals surface area (Å²) in [4.78, 5) is 16.7. The first-order valence-electron chi connectivity index (χ1n) is 7.91. The van der Waals surface area contributed by atoms with E-state index >= 15 is 0 Å². The van der Waals surface area contributed by atoms with Crippen molar-refractivity contribution in [2.24, 2.45) is 0 Å². The Kier molecular flexibility index (Phi) is 5.68. The molecule has 0 atom stereocenters. The Labute approximate surface area is 155 Å². The molecular formula is C19H17ClN2O2S. The second kappa shape index (κ2) is 8.14. The van der Waals surface area contributed by atoms with Crippen LogP contribution in [-0.2, 0) is 0 Å². The van der Waals surface area contributed by atoms with Crippen LogP contribution >= 0.6 is 22.9 Å². The van der Waals surface area contributed by atoms with Gasteiger partial charge in [0.05, 0.1) is 12.3 Å². The molecule has 128 valence electrons. The van der Waals surface area contributed by atoms with Crippen molar-refractivity contribution >= 4 is 34.0 Å². The average Bonchev–Trinajstić information content (AvgIpc) is 3.09. The minimum atomic E-state index is -0.230. The minimum Gasteiger partial charge on any atom is -0.494 e. The number of anilines is 1. The van der Waals surface area contributed by atoms with Crippen LogP contribution in [0.3, 0.4) is 0 Å². The van der Waals surface area contributed by atoms with Gasteiger partial charge in [-0.1, -0.05) is 24.6 Å². The lowest BCUT2D eigenvalue weighted by Gasteiger charge is -2.04. The summed E-state index contributed by atoms with van der Waals surface area (Å²) >= 11 is 7.30. The number of ether oxygens (including phenoxy) is 1. The Bertz CT molecular complexity index is 862. The first-order chi connectivity index (χ1) is 12.2. The molecule has 1 heterocycles. The van der Waals surface area contributed by atoms with Crippen LogP contribution in [0.4, 0.5) is 5.13 Å². The van der Waals surface area contributed by atoms with Crippen LogP contribution in [0.15, 0.2) is 53.9 Å². The van der Waals surface area contributed by atoms with Gasteiger partial charge >= 0.3 is 0 Å². The molecule has 3 aromatic rings. The summed E-state index contributed by atoms with van der Waals surface area (Å²) in [6.45, 7) is 2.78. The van der Waals surface area contributed by atoms with E-state index < -0.39 is 0 Å². The van der Waals surface area contributed by atoms with Crippen LogP contribution in [0.5, 0.6) is 5.75 Å². The van der Waals surface area contributed by atoms with E-state index in [2.05, 4.69) is 17.2 Å². The zero-order valence-electron chi connectivity index (χ0n) is 13.7. The summed E-state index contributed by atoms with van der Waals surface area (Å²) in [6, 6.07) is 14.6. The summed E-state index contributed by atoms with van der Waals surface area (Å²) in [5.74, 6) is 0.613. The van der Waals surface area contributed by atoms with Gasteiger partial charge in [0, 0.05) is 21.5 Å². The molecule has 0 unspecified atom stereocenters. The number of rotatable bonds is 6. The van der Waals surface area contributed by atoms with E-state index in [-0.39, 0.29) is 5.91 Å². The third-order valence-corrected chi connectivity index (χ3v) is 4.43. The first kappa shape index (κ1) is 17.5. The monoisotopic (exact) mass is 372 g/mol. The lowest BCUT2D eigenvalue weighted by Crippen LogP contribution is -2.11. The highest BCUT2D eigenvalue weighted by Gasteiger charge is 2.10. The van der Waals surface area contributed by atoms with Gasteiger partial charge in [-0.2, -0.15) is 0 Å². The third-order valence-electron chi connectivity index (χ3n) is 3.43. The van der Waals surface area contributed by atoms with Crippen LogP contribution < -0.4 is 10.1 Å². The highest BCUT2D eigenvalue weighted by molar-refractivity contribution is 7.14. The van der Waals surface area contributed by atoms with E-state index in [9.17, 15) is 4.79 Å². The fraction of sp³-hybridized carbons (Fsp3) is 0.158. The van der Waals surface area contributed by atoms with Gasteiger partial charge in [0.2, 0.25) is 0 Å². The van der Waals surface area contributed by atoms with Gasteiger partial charge in [-0.25, -0.2) is 4.98 Å². The number of carbonyl (C=O) groups is 1. The number of amides is 1. The molecule has 1 amide bonds. The Morgan fingerprint density at radius 1 is 1.24 bits per heavy atom. The SMILES string of the molecule is CCCOc1ccc(-c2csc(NC(=O)c3cccc(Cl)c3)n2)cc1. The molecule has 3 rings (SSSR count). The molecular weight excluding hydrogens is 356 g/mol. The molecule has 25 heavy (non-hydrogen) atoms. The molecule has 0 radical (unpaired) electrons. The van der Waals surface area contributed by atoms with Crippen molar-refractivity contribution in [3.05, 3.63) is 64.5 Å². The van der Waals surface area contributed by atoms with Crippen LogP contribution in [0, 0.1) is 0 Å². The lowest BCUT2D eigenvalue weighted by atomic mass is 10.2. The quantitative estimate of drug-likeness (QED) is 0.621.